The van der Waals surface area contributed by atoms with Crippen molar-refractivity contribution in [3.63, 3.8) is 0 Å². The van der Waals surface area contributed by atoms with Gasteiger partial charge in [0.05, 0.1) is 12.1 Å². The standard InChI is InChI=1S/C25H25F3N4O2/c1-17(10-11-18-6-3-2-4-7-18)29-23(33)21-15-22-24(34)31(12-13-32(22)30-21)16-19-8-5-9-20(14-19)25(26,27)28/h2-9,14-15,17H,10-13,16H2,1H3,(H,29,33)/t17-/m1/s1. The highest BCUT2D eigenvalue weighted by Crippen LogP contribution is 2.30. The molecule has 0 spiro atoms. The Morgan fingerprint density at radius 3 is 2.53 bits per heavy atom. The second-order valence-corrected chi connectivity index (χ2v) is 8.46. The minimum absolute atomic E-state index is 0.0476. The van der Waals surface area contributed by atoms with Gasteiger partial charge in [0.25, 0.3) is 11.8 Å². The maximum absolute atomic E-state index is 13.0. The maximum Gasteiger partial charge on any atom is 0.416 e. The quantitative estimate of drug-likeness (QED) is 0.560. The fraction of sp³-hybridized carbons (Fsp3) is 0.320. The molecule has 0 saturated heterocycles. The molecule has 2 aromatic carbocycles. The molecule has 0 radical (unpaired) electrons. The van der Waals surface area contributed by atoms with E-state index < -0.39 is 11.7 Å². The van der Waals surface area contributed by atoms with Crippen molar-refractivity contribution in [3.05, 3.63) is 88.7 Å². The van der Waals surface area contributed by atoms with E-state index >= 15 is 0 Å². The highest BCUT2D eigenvalue weighted by Gasteiger charge is 2.32. The van der Waals surface area contributed by atoms with Crippen LogP contribution in [0.2, 0.25) is 0 Å². The Labute approximate surface area is 195 Å². The number of carbonyl (C=O) groups excluding carboxylic acids is 2. The lowest BCUT2D eigenvalue weighted by Crippen LogP contribution is -2.39. The fourth-order valence-electron chi connectivity index (χ4n) is 3.96. The highest BCUT2D eigenvalue weighted by atomic mass is 19.4. The van der Waals surface area contributed by atoms with Gasteiger partial charge in [-0.25, -0.2) is 0 Å². The van der Waals surface area contributed by atoms with Gasteiger partial charge in [-0.1, -0.05) is 42.5 Å². The summed E-state index contributed by atoms with van der Waals surface area (Å²) in [7, 11) is 0. The molecule has 0 saturated carbocycles. The zero-order valence-corrected chi connectivity index (χ0v) is 18.7. The number of carbonyl (C=O) groups is 2. The van der Waals surface area contributed by atoms with E-state index in [4.69, 9.17) is 0 Å². The lowest BCUT2D eigenvalue weighted by Gasteiger charge is -2.27. The third-order valence-electron chi connectivity index (χ3n) is 5.81. The average Bonchev–Trinajstić information content (AvgIpc) is 3.25. The van der Waals surface area contributed by atoms with Crippen molar-refractivity contribution in [2.45, 2.75) is 45.1 Å². The van der Waals surface area contributed by atoms with E-state index in [0.29, 0.717) is 12.1 Å². The van der Waals surface area contributed by atoms with Gasteiger partial charge >= 0.3 is 6.18 Å². The Bertz CT molecular complexity index is 1170. The Kier molecular flexibility index (Phi) is 6.72. The number of amides is 2. The smallest absolute Gasteiger partial charge is 0.348 e. The molecule has 178 valence electrons. The number of rotatable bonds is 7. The van der Waals surface area contributed by atoms with Crippen LogP contribution in [0, 0.1) is 0 Å². The molecule has 9 heteroatoms. The van der Waals surface area contributed by atoms with Crippen molar-refractivity contribution in [3.8, 4) is 0 Å². The van der Waals surface area contributed by atoms with Crippen molar-refractivity contribution < 1.29 is 22.8 Å². The van der Waals surface area contributed by atoms with Gasteiger partial charge in [0.1, 0.15) is 5.69 Å². The third kappa shape index (κ3) is 5.47. The summed E-state index contributed by atoms with van der Waals surface area (Å²) in [5, 5.41) is 7.18. The number of hydrogen-bond donors (Lipinski definition) is 1. The number of aryl methyl sites for hydroxylation is 1. The zero-order valence-electron chi connectivity index (χ0n) is 18.7. The maximum atomic E-state index is 13.0. The Morgan fingerprint density at radius 2 is 1.79 bits per heavy atom. The predicted molar refractivity (Wildman–Crippen MR) is 120 cm³/mol. The second kappa shape index (κ2) is 9.70. The van der Waals surface area contributed by atoms with Crippen molar-refractivity contribution in [2.24, 2.45) is 0 Å². The number of halogens is 3. The molecule has 0 bridgehead atoms. The van der Waals surface area contributed by atoms with Crippen molar-refractivity contribution in [1.82, 2.24) is 20.0 Å². The van der Waals surface area contributed by atoms with Gasteiger partial charge in [0.2, 0.25) is 0 Å². The summed E-state index contributed by atoms with van der Waals surface area (Å²) < 4.78 is 40.5. The van der Waals surface area contributed by atoms with Gasteiger partial charge in [-0.05, 0) is 43.0 Å². The molecule has 1 N–H and O–H groups in total. The number of fused-ring (bicyclic) bond motifs is 1. The van der Waals surface area contributed by atoms with Gasteiger partial charge in [-0.15, -0.1) is 0 Å². The molecule has 3 aromatic rings. The first kappa shape index (κ1) is 23.5. The molecule has 6 nitrogen and oxygen atoms in total. The Morgan fingerprint density at radius 1 is 1.06 bits per heavy atom. The second-order valence-electron chi connectivity index (χ2n) is 8.46. The Balaban J connectivity index is 1.38. The molecule has 2 amide bonds. The lowest BCUT2D eigenvalue weighted by molar-refractivity contribution is -0.137. The lowest BCUT2D eigenvalue weighted by atomic mass is 10.1. The van der Waals surface area contributed by atoms with Crippen LogP contribution in [0.25, 0.3) is 0 Å². The molecule has 1 aliphatic rings. The summed E-state index contributed by atoms with van der Waals surface area (Å²) in [5.74, 6) is -0.730. The molecule has 0 fully saturated rings. The topological polar surface area (TPSA) is 67.2 Å². The number of aromatic nitrogens is 2. The van der Waals surface area contributed by atoms with Gasteiger partial charge in [-0.3, -0.25) is 14.3 Å². The average molecular weight is 470 g/mol. The van der Waals surface area contributed by atoms with Gasteiger partial charge in [0, 0.05) is 25.2 Å². The molecule has 0 aliphatic carbocycles. The van der Waals surface area contributed by atoms with Crippen LogP contribution in [-0.2, 0) is 25.7 Å². The summed E-state index contributed by atoms with van der Waals surface area (Å²) in [6.07, 6.45) is -2.86. The molecule has 34 heavy (non-hydrogen) atoms. The van der Waals surface area contributed by atoms with E-state index in [9.17, 15) is 22.8 Å². The minimum Gasteiger partial charge on any atom is -0.348 e. The van der Waals surface area contributed by atoms with Gasteiger partial charge < -0.3 is 10.2 Å². The molecular weight excluding hydrogens is 445 g/mol. The number of hydrogen-bond acceptors (Lipinski definition) is 3. The molecule has 1 aliphatic heterocycles. The monoisotopic (exact) mass is 470 g/mol. The molecule has 1 aromatic heterocycles. The number of alkyl halides is 3. The largest absolute Gasteiger partial charge is 0.416 e. The summed E-state index contributed by atoms with van der Waals surface area (Å²) in [6.45, 7) is 2.61. The molecule has 1 atom stereocenters. The first-order valence-corrected chi connectivity index (χ1v) is 11.1. The van der Waals surface area contributed by atoms with Crippen LogP contribution >= 0.6 is 0 Å². The Hall–Kier alpha value is -3.62. The van der Waals surface area contributed by atoms with Crippen LogP contribution in [0.3, 0.4) is 0 Å². The first-order valence-electron chi connectivity index (χ1n) is 11.1. The summed E-state index contributed by atoms with van der Waals surface area (Å²) in [4.78, 5) is 27.1. The first-order chi connectivity index (χ1) is 16.2. The summed E-state index contributed by atoms with van der Waals surface area (Å²) >= 11 is 0. The minimum atomic E-state index is -4.44. The molecular formula is C25H25F3N4O2. The zero-order chi connectivity index (χ0) is 24.3. The van der Waals surface area contributed by atoms with E-state index in [2.05, 4.69) is 10.4 Å². The highest BCUT2D eigenvalue weighted by molar-refractivity contribution is 5.98. The van der Waals surface area contributed by atoms with E-state index in [-0.39, 0.29) is 42.3 Å². The van der Waals surface area contributed by atoms with Crippen molar-refractivity contribution >= 4 is 11.8 Å². The SMILES string of the molecule is C[C@H](CCc1ccccc1)NC(=O)c1cc2n(n1)CCN(Cc1cccc(C(F)(F)F)c1)C2=O. The van der Waals surface area contributed by atoms with E-state index in [0.717, 1.165) is 25.0 Å². The van der Waals surface area contributed by atoms with Crippen molar-refractivity contribution in [2.75, 3.05) is 6.54 Å². The van der Waals surface area contributed by atoms with E-state index in [1.807, 2.05) is 37.3 Å². The van der Waals surface area contributed by atoms with Crippen LogP contribution < -0.4 is 5.32 Å². The summed E-state index contributed by atoms with van der Waals surface area (Å²) in [5.41, 5.74) is 1.23. The van der Waals surface area contributed by atoms with Crippen LogP contribution in [0.5, 0.6) is 0 Å². The van der Waals surface area contributed by atoms with Crippen LogP contribution in [0.4, 0.5) is 13.2 Å². The van der Waals surface area contributed by atoms with Crippen LogP contribution in [-0.4, -0.2) is 39.1 Å². The van der Waals surface area contributed by atoms with E-state index in [1.165, 1.54) is 27.3 Å². The number of nitrogens with zero attached hydrogens (tertiary/aromatic N) is 3. The van der Waals surface area contributed by atoms with Crippen LogP contribution in [0.1, 0.15) is 51.0 Å². The molecule has 2 heterocycles. The third-order valence-corrected chi connectivity index (χ3v) is 5.81. The molecule has 4 rings (SSSR count). The fourth-order valence-corrected chi connectivity index (χ4v) is 3.96. The van der Waals surface area contributed by atoms with Crippen LogP contribution in [0.15, 0.2) is 60.7 Å². The number of nitrogens with one attached hydrogen (secondary N) is 1. The van der Waals surface area contributed by atoms with Gasteiger partial charge in [0.15, 0.2) is 5.69 Å². The van der Waals surface area contributed by atoms with Crippen molar-refractivity contribution in [1.29, 1.82) is 0 Å². The van der Waals surface area contributed by atoms with Gasteiger partial charge in [-0.2, -0.15) is 18.3 Å². The normalized spacial score (nSPS) is 14.6. The predicted octanol–water partition coefficient (Wildman–Crippen LogP) is 4.31. The number of benzene rings is 2. The van der Waals surface area contributed by atoms with E-state index in [1.54, 1.807) is 6.07 Å². The molecule has 0 unspecified atom stereocenters. The summed E-state index contributed by atoms with van der Waals surface area (Å²) in [6, 6.07) is 16.3.